The van der Waals surface area contributed by atoms with Gasteiger partial charge in [0, 0.05) is 13.1 Å². The van der Waals surface area contributed by atoms with Gasteiger partial charge in [-0.15, -0.1) is 0 Å². The Morgan fingerprint density at radius 1 is 0.444 bits per heavy atom. The van der Waals surface area contributed by atoms with E-state index in [1.165, 1.54) is 36.8 Å². The van der Waals surface area contributed by atoms with Crippen LogP contribution in [-0.2, 0) is 13.1 Å². The zero-order valence-electron chi connectivity index (χ0n) is 23.1. The van der Waals surface area contributed by atoms with Gasteiger partial charge in [-0.1, -0.05) is 24.3 Å². The van der Waals surface area contributed by atoms with Crippen LogP contribution in [0, 0.1) is 0 Å². The van der Waals surface area contributed by atoms with E-state index in [2.05, 4.69) is 44.7 Å². The molecule has 8 nitrogen and oxygen atoms in total. The molecule has 0 aliphatic carbocycles. The smallest absolute Gasteiger partial charge is 0.0233 e. The summed E-state index contributed by atoms with van der Waals surface area (Å²) in [5.74, 6) is 0. The molecule has 0 atom stereocenters. The van der Waals surface area contributed by atoms with E-state index in [-0.39, 0.29) is 0 Å². The van der Waals surface area contributed by atoms with Crippen molar-refractivity contribution in [1.82, 2.24) is 20.4 Å². The largest absolute Gasteiger partial charge is 0.330 e. The quantitative estimate of drug-likeness (QED) is 0.104. The Labute approximate surface area is 221 Å². The third-order valence-electron chi connectivity index (χ3n) is 6.46. The highest BCUT2D eigenvalue weighted by atomic mass is 15.1. The molecule has 0 heterocycles. The van der Waals surface area contributed by atoms with Gasteiger partial charge in [0.05, 0.1) is 0 Å². The van der Waals surface area contributed by atoms with E-state index in [1.807, 2.05) is 0 Å². The normalized spacial score (nSPS) is 11.7. The average molecular weight is 507 g/mol. The van der Waals surface area contributed by atoms with Gasteiger partial charge in [0.1, 0.15) is 0 Å². The van der Waals surface area contributed by atoms with Crippen molar-refractivity contribution in [2.24, 2.45) is 22.9 Å². The molecule has 210 valence electrons. The van der Waals surface area contributed by atoms with Gasteiger partial charge in [-0.3, -0.25) is 9.80 Å². The monoisotopic (exact) mass is 506 g/mol. The van der Waals surface area contributed by atoms with E-state index in [0.29, 0.717) is 0 Å². The van der Waals surface area contributed by atoms with E-state index < -0.39 is 0 Å². The maximum Gasteiger partial charge on any atom is 0.0233 e. The minimum absolute atomic E-state index is 0.748. The molecule has 10 N–H and O–H groups in total. The molecule has 0 aliphatic heterocycles. The first-order valence-corrected chi connectivity index (χ1v) is 14.5. The summed E-state index contributed by atoms with van der Waals surface area (Å²) < 4.78 is 0. The number of benzene rings is 1. The molecule has 1 aromatic rings. The van der Waals surface area contributed by atoms with Crippen molar-refractivity contribution >= 4 is 0 Å². The minimum Gasteiger partial charge on any atom is -0.330 e. The highest BCUT2D eigenvalue weighted by molar-refractivity contribution is 5.22. The Hall–Kier alpha value is -1.10. The van der Waals surface area contributed by atoms with E-state index >= 15 is 0 Å². The van der Waals surface area contributed by atoms with Crippen molar-refractivity contribution < 1.29 is 0 Å². The molecule has 0 aliphatic rings. The molecule has 36 heavy (non-hydrogen) atoms. The van der Waals surface area contributed by atoms with Crippen LogP contribution in [0.15, 0.2) is 24.3 Å². The lowest BCUT2D eigenvalue weighted by atomic mass is 10.1. The molecule has 0 unspecified atom stereocenters. The molecule has 0 saturated heterocycles. The van der Waals surface area contributed by atoms with Crippen LogP contribution in [0.4, 0.5) is 0 Å². The second kappa shape index (κ2) is 24.2. The molecule has 0 amide bonds. The third kappa shape index (κ3) is 18.2. The predicted octanol–water partition coefficient (Wildman–Crippen LogP) is 1.43. The first kappa shape index (κ1) is 32.9. The molecular weight excluding hydrogens is 448 g/mol. The van der Waals surface area contributed by atoms with Crippen molar-refractivity contribution in [3.63, 3.8) is 0 Å². The van der Waals surface area contributed by atoms with E-state index in [1.54, 1.807) is 0 Å². The fourth-order valence-corrected chi connectivity index (χ4v) is 4.31. The summed E-state index contributed by atoms with van der Waals surface area (Å²) in [5, 5.41) is 6.95. The highest BCUT2D eigenvalue weighted by Crippen LogP contribution is 2.12. The summed E-state index contributed by atoms with van der Waals surface area (Å²) in [6, 6.07) is 9.23. The molecule has 0 bridgehead atoms. The van der Waals surface area contributed by atoms with Crippen molar-refractivity contribution in [2.75, 3.05) is 78.5 Å². The number of nitrogens with zero attached hydrogens (tertiary/aromatic N) is 2. The van der Waals surface area contributed by atoms with Crippen LogP contribution >= 0.6 is 0 Å². The Morgan fingerprint density at radius 2 is 0.778 bits per heavy atom. The Morgan fingerprint density at radius 3 is 1.14 bits per heavy atom. The zero-order chi connectivity index (χ0) is 26.1. The van der Waals surface area contributed by atoms with Crippen LogP contribution in [0.2, 0.25) is 0 Å². The Balaban J connectivity index is 2.45. The maximum atomic E-state index is 5.80. The second-order valence-corrected chi connectivity index (χ2v) is 9.85. The van der Waals surface area contributed by atoms with Gasteiger partial charge in [0.25, 0.3) is 0 Å². The highest BCUT2D eigenvalue weighted by Gasteiger charge is 2.08. The molecule has 1 aromatic carbocycles. The van der Waals surface area contributed by atoms with E-state index in [0.717, 1.165) is 117 Å². The van der Waals surface area contributed by atoms with Gasteiger partial charge in [-0.2, -0.15) is 0 Å². The van der Waals surface area contributed by atoms with Crippen LogP contribution in [-0.4, -0.2) is 88.3 Å². The topological polar surface area (TPSA) is 135 Å². The van der Waals surface area contributed by atoms with Gasteiger partial charge < -0.3 is 33.6 Å². The molecule has 0 aromatic heterocycles. The second-order valence-electron chi connectivity index (χ2n) is 9.85. The van der Waals surface area contributed by atoms with Gasteiger partial charge in [-0.05, 0) is 141 Å². The minimum atomic E-state index is 0.748. The van der Waals surface area contributed by atoms with Gasteiger partial charge >= 0.3 is 0 Å². The predicted molar refractivity (Wildman–Crippen MR) is 156 cm³/mol. The van der Waals surface area contributed by atoms with Crippen LogP contribution in [0.25, 0.3) is 0 Å². The summed E-state index contributed by atoms with van der Waals surface area (Å²) in [6.45, 7) is 13.6. The molecule has 0 spiro atoms. The molecular formula is C28H58N8. The summed E-state index contributed by atoms with van der Waals surface area (Å²) in [6.07, 6.45) is 9.01. The summed E-state index contributed by atoms with van der Waals surface area (Å²) in [4.78, 5) is 5.10. The van der Waals surface area contributed by atoms with Crippen molar-refractivity contribution in [1.29, 1.82) is 0 Å². The maximum absolute atomic E-state index is 5.80. The van der Waals surface area contributed by atoms with Crippen molar-refractivity contribution in [2.45, 2.75) is 64.5 Å². The summed E-state index contributed by atoms with van der Waals surface area (Å²) in [7, 11) is 0. The van der Waals surface area contributed by atoms with Crippen LogP contribution < -0.4 is 33.6 Å². The summed E-state index contributed by atoms with van der Waals surface area (Å²) in [5.41, 5.74) is 25.5. The van der Waals surface area contributed by atoms with E-state index in [4.69, 9.17) is 22.9 Å². The lowest BCUT2D eigenvalue weighted by Crippen LogP contribution is -2.28. The van der Waals surface area contributed by atoms with Gasteiger partial charge in [-0.25, -0.2) is 0 Å². The van der Waals surface area contributed by atoms with Crippen molar-refractivity contribution in [3.05, 3.63) is 35.4 Å². The molecule has 0 radical (unpaired) electrons. The van der Waals surface area contributed by atoms with Crippen molar-refractivity contribution in [3.8, 4) is 0 Å². The number of hydrogen-bond acceptors (Lipinski definition) is 8. The standard InChI is InChI=1S/C28H58N8/c29-13-5-19-33-17-1-3-21-35(23-7-15-31)25-27-9-11-28(12-10-27)26-36(24-8-16-32)22-4-2-18-34-20-6-14-30/h9-12,33-34H,1-8,13-26,29-32H2. The zero-order valence-corrected chi connectivity index (χ0v) is 23.1. The number of nitrogens with one attached hydrogen (secondary N) is 2. The summed E-state index contributed by atoms with van der Waals surface area (Å²) >= 11 is 0. The molecule has 1 rings (SSSR count). The number of nitrogens with two attached hydrogens (primary N) is 4. The lowest BCUT2D eigenvalue weighted by Gasteiger charge is -2.24. The lowest BCUT2D eigenvalue weighted by molar-refractivity contribution is 0.255. The van der Waals surface area contributed by atoms with Crippen LogP contribution in [0.3, 0.4) is 0 Å². The molecule has 0 fully saturated rings. The number of unbranched alkanes of at least 4 members (excludes halogenated alkanes) is 2. The first-order chi connectivity index (χ1) is 17.7. The van der Waals surface area contributed by atoms with Gasteiger partial charge in [0.15, 0.2) is 0 Å². The third-order valence-corrected chi connectivity index (χ3v) is 6.46. The Kier molecular flexibility index (Phi) is 22.2. The van der Waals surface area contributed by atoms with E-state index in [9.17, 15) is 0 Å². The van der Waals surface area contributed by atoms with Gasteiger partial charge in [0.2, 0.25) is 0 Å². The number of hydrogen-bond donors (Lipinski definition) is 6. The first-order valence-electron chi connectivity index (χ1n) is 14.5. The number of rotatable bonds is 26. The average Bonchev–Trinajstić information content (AvgIpc) is 2.90. The fourth-order valence-electron chi connectivity index (χ4n) is 4.31. The fraction of sp³-hybridized carbons (Fsp3) is 0.786. The Bertz CT molecular complexity index is 532. The SMILES string of the molecule is NCCCNCCCCN(CCCN)Cc1ccc(CN(CCCN)CCCCNCCCN)cc1. The van der Waals surface area contributed by atoms with Crippen LogP contribution in [0.5, 0.6) is 0 Å². The molecule has 0 saturated carbocycles. The molecule has 8 heteroatoms. The van der Waals surface area contributed by atoms with Crippen LogP contribution in [0.1, 0.15) is 62.5 Å².